The Morgan fingerprint density at radius 3 is 2.73 bits per heavy atom. The zero-order valence-electron chi connectivity index (χ0n) is 13.6. The van der Waals surface area contributed by atoms with E-state index < -0.39 is 0 Å². The Kier molecular flexibility index (Phi) is 4.70. The second-order valence-electron chi connectivity index (χ2n) is 5.07. The molecule has 0 atom stereocenters. The number of aromatic nitrogens is 1. The van der Waals surface area contributed by atoms with Gasteiger partial charge in [-0.3, -0.25) is 0 Å². The first-order chi connectivity index (χ1) is 10.5. The quantitative estimate of drug-likeness (QED) is 0.484. The number of hydrogen-bond acceptors (Lipinski definition) is 4. The molecule has 0 aliphatic rings. The third kappa shape index (κ3) is 2.90. The lowest BCUT2D eigenvalue weighted by atomic mass is 10.2. The van der Waals surface area contributed by atoms with Gasteiger partial charge in [0.05, 0.1) is 25.6 Å². The zero-order chi connectivity index (χ0) is 16.3. The number of esters is 1. The zero-order valence-corrected chi connectivity index (χ0v) is 13.6. The fraction of sp³-hybridized carbons (Fsp3) is 0.375. The highest BCUT2D eigenvalue weighted by Crippen LogP contribution is 2.35. The number of carbonyl (C=O) groups excluding carboxylic acids is 1. The Labute approximate surface area is 129 Å². The van der Waals surface area contributed by atoms with Gasteiger partial charge in [0, 0.05) is 26.5 Å². The van der Waals surface area contributed by atoms with Gasteiger partial charge < -0.3 is 18.9 Å². The van der Waals surface area contributed by atoms with Gasteiger partial charge in [0.2, 0.25) is 0 Å². The Balaban J connectivity index is 2.72. The number of aryl methyl sites for hydroxylation is 1. The fourth-order valence-electron chi connectivity index (χ4n) is 2.27. The van der Waals surface area contributed by atoms with Gasteiger partial charge in [0.25, 0.3) is 0 Å². The lowest BCUT2D eigenvalue weighted by molar-refractivity contribution is 0.0517. The number of ether oxygens (including phenoxy) is 2. The van der Waals surface area contributed by atoms with Crippen molar-refractivity contribution in [3.8, 4) is 5.75 Å². The molecular formula is C16H21N3O3. The smallest absolute Gasteiger partial charge is 0.357 e. The highest BCUT2D eigenvalue weighted by molar-refractivity contribution is 6.06. The second-order valence-corrected chi connectivity index (χ2v) is 5.07. The molecule has 0 saturated heterocycles. The topological polar surface area (TPSA) is 56.1 Å². The van der Waals surface area contributed by atoms with Crippen molar-refractivity contribution in [1.29, 1.82) is 0 Å². The van der Waals surface area contributed by atoms with Gasteiger partial charge in [-0.2, -0.15) is 0 Å². The number of carbonyl (C=O) groups is 1. The predicted octanol–water partition coefficient (Wildman–Crippen LogP) is 2.59. The molecule has 6 heteroatoms. The number of hydrogen-bond donors (Lipinski definition) is 0. The van der Waals surface area contributed by atoms with Crippen molar-refractivity contribution in [2.24, 2.45) is 12.0 Å². The molecule has 0 fully saturated rings. The van der Waals surface area contributed by atoms with Crippen LogP contribution in [0.25, 0.3) is 10.9 Å². The third-order valence-electron chi connectivity index (χ3n) is 3.27. The lowest BCUT2D eigenvalue weighted by Crippen LogP contribution is -2.11. The molecule has 0 unspecified atom stereocenters. The monoisotopic (exact) mass is 303 g/mol. The van der Waals surface area contributed by atoms with Crippen LogP contribution < -0.4 is 4.74 Å². The summed E-state index contributed by atoms with van der Waals surface area (Å²) >= 11 is 0. The van der Waals surface area contributed by atoms with Crippen molar-refractivity contribution in [1.82, 2.24) is 9.47 Å². The van der Waals surface area contributed by atoms with Gasteiger partial charge in [0.15, 0.2) is 5.69 Å². The van der Waals surface area contributed by atoms with Crippen LogP contribution in [0, 0.1) is 0 Å². The number of rotatable bonds is 5. The molecule has 1 heterocycles. The van der Waals surface area contributed by atoms with Gasteiger partial charge in [0.1, 0.15) is 11.4 Å². The van der Waals surface area contributed by atoms with Crippen molar-refractivity contribution in [3.63, 3.8) is 0 Å². The maximum Gasteiger partial charge on any atom is 0.357 e. The molecule has 0 spiro atoms. The Bertz CT molecular complexity index is 717. The summed E-state index contributed by atoms with van der Waals surface area (Å²) in [6.07, 6.45) is 1.66. The van der Waals surface area contributed by atoms with E-state index in [0.717, 1.165) is 16.7 Å². The first kappa shape index (κ1) is 15.9. The van der Waals surface area contributed by atoms with Crippen molar-refractivity contribution in [2.75, 3.05) is 27.8 Å². The van der Waals surface area contributed by atoms with E-state index in [1.165, 1.54) is 0 Å². The highest BCUT2D eigenvalue weighted by atomic mass is 16.5. The molecule has 0 bridgehead atoms. The fourth-order valence-corrected chi connectivity index (χ4v) is 2.27. The van der Waals surface area contributed by atoms with Crippen LogP contribution >= 0.6 is 0 Å². The van der Waals surface area contributed by atoms with Crippen molar-refractivity contribution in [2.45, 2.75) is 6.92 Å². The minimum Gasteiger partial charge on any atom is -0.497 e. The van der Waals surface area contributed by atoms with Gasteiger partial charge in [-0.25, -0.2) is 9.79 Å². The lowest BCUT2D eigenvalue weighted by Gasteiger charge is -2.06. The van der Waals surface area contributed by atoms with Crippen LogP contribution in [0.15, 0.2) is 23.2 Å². The predicted molar refractivity (Wildman–Crippen MR) is 87.3 cm³/mol. The molecule has 0 aliphatic heterocycles. The van der Waals surface area contributed by atoms with E-state index in [0.29, 0.717) is 18.0 Å². The normalized spacial score (nSPS) is 11.1. The maximum absolute atomic E-state index is 12.3. The van der Waals surface area contributed by atoms with E-state index in [1.54, 1.807) is 24.9 Å². The number of aliphatic imine (C=N–C) groups is 1. The summed E-state index contributed by atoms with van der Waals surface area (Å²) in [5.74, 6) is 0.334. The number of nitrogens with zero attached hydrogens (tertiary/aromatic N) is 3. The highest BCUT2D eigenvalue weighted by Gasteiger charge is 2.22. The van der Waals surface area contributed by atoms with Crippen LogP contribution in [0.3, 0.4) is 0 Å². The SMILES string of the molecule is CCOC(=O)c1c(N=CN(C)C)c2cc(OC)ccc2n1C. The molecule has 1 aromatic carbocycles. The molecule has 0 radical (unpaired) electrons. The number of methoxy groups -OCH3 is 1. The van der Waals surface area contributed by atoms with Crippen molar-refractivity contribution in [3.05, 3.63) is 23.9 Å². The number of benzene rings is 1. The summed E-state index contributed by atoms with van der Waals surface area (Å²) in [7, 11) is 7.19. The van der Waals surface area contributed by atoms with Crippen LogP contribution in [0.4, 0.5) is 5.69 Å². The Morgan fingerprint density at radius 1 is 1.41 bits per heavy atom. The molecule has 118 valence electrons. The molecule has 2 rings (SSSR count). The average molecular weight is 303 g/mol. The van der Waals surface area contributed by atoms with Gasteiger partial charge >= 0.3 is 5.97 Å². The van der Waals surface area contributed by atoms with E-state index >= 15 is 0 Å². The summed E-state index contributed by atoms with van der Waals surface area (Å²) in [4.78, 5) is 18.6. The minimum atomic E-state index is -0.383. The van der Waals surface area contributed by atoms with Crippen molar-refractivity contribution < 1.29 is 14.3 Å². The second kappa shape index (κ2) is 6.51. The van der Waals surface area contributed by atoms with E-state index in [4.69, 9.17) is 9.47 Å². The molecule has 1 aromatic heterocycles. The van der Waals surface area contributed by atoms with Crippen LogP contribution in [0.5, 0.6) is 5.75 Å². The summed E-state index contributed by atoms with van der Waals surface area (Å²) in [6, 6.07) is 5.64. The molecule has 0 saturated carbocycles. The molecule has 0 N–H and O–H groups in total. The van der Waals surface area contributed by atoms with Gasteiger partial charge in [-0.1, -0.05) is 0 Å². The number of fused-ring (bicyclic) bond motifs is 1. The third-order valence-corrected chi connectivity index (χ3v) is 3.27. The standard InChI is InChI=1S/C16H21N3O3/c1-6-22-16(20)15-14(17-10-18(2)3)12-9-11(21-5)7-8-13(12)19(15)4/h7-10H,6H2,1-5H3. The summed E-state index contributed by atoms with van der Waals surface area (Å²) < 4.78 is 12.2. The van der Waals surface area contributed by atoms with Crippen LogP contribution in [-0.2, 0) is 11.8 Å². The summed E-state index contributed by atoms with van der Waals surface area (Å²) in [5.41, 5.74) is 1.92. The van der Waals surface area contributed by atoms with Crippen LogP contribution in [0.1, 0.15) is 17.4 Å². The molecule has 2 aromatic rings. The van der Waals surface area contributed by atoms with Gasteiger partial charge in [-0.05, 0) is 25.1 Å². The first-order valence-corrected chi connectivity index (χ1v) is 7.03. The molecule has 6 nitrogen and oxygen atoms in total. The van der Waals surface area contributed by atoms with E-state index in [-0.39, 0.29) is 5.97 Å². The summed E-state index contributed by atoms with van der Waals surface area (Å²) in [6.45, 7) is 2.10. The largest absolute Gasteiger partial charge is 0.497 e. The van der Waals surface area contributed by atoms with Crippen molar-refractivity contribution >= 4 is 28.9 Å². The molecule has 0 amide bonds. The molecular weight excluding hydrogens is 282 g/mol. The van der Waals surface area contributed by atoms with Gasteiger partial charge in [-0.15, -0.1) is 0 Å². The Hall–Kier alpha value is -2.50. The first-order valence-electron chi connectivity index (χ1n) is 7.03. The Morgan fingerprint density at radius 2 is 2.14 bits per heavy atom. The van der Waals surface area contributed by atoms with Crippen LogP contribution in [-0.4, -0.2) is 49.6 Å². The van der Waals surface area contributed by atoms with E-state index in [2.05, 4.69) is 4.99 Å². The van der Waals surface area contributed by atoms with E-state index in [1.807, 2.05) is 44.2 Å². The maximum atomic E-state index is 12.3. The van der Waals surface area contributed by atoms with E-state index in [9.17, 15) is 4.79 Å². The minimum absolute atomic E-state index is 0.320. The molecule has 0 aliphatic carbocycles. The average Bonchev–Trinajstić information content (AvgIpc) is 2.77. The van der Waals surface area contributed by atoms with Crippen LogP contribution in [0.2, 0.25) is 0 Å². The molecule has 22 heavy (non-hydrogen) atoms. The summed E-state index contributed by atoms with van der Waals surface area (Å²) in [5, 5.41) is 0.850.